The van der Waals surface area contributed by atoms with Crippen molar-refractivity contribution in [3.63, 3.8) is 0 Å². The van der Waals surface area contributed by atoms with E-state index in [9.17, 15) is 52.7 Å². The molecule has 46 N–H and O–H groups in total. The van der Waals surface area contributed by atoms with Gasteiger partial charge >= 0.3 is 0 Å². The quantitative estimate of drug-likeness (QED) is 0.00947. The Hall–Kier alpha value is -13.1. The Balaban J connectivity index is 4.18. The average molecular weight is 1800 g/mol. The van der Waals surface area contributed by atoms with Crippen molar-refractivity contribution in [2.75, 3.05) is 76.7 Å². The number of carbonyl (C=O) groups excluding carboxylic acids is 14. The number of thioether (sulfide) groups is 1. The van der Waals surface area contributed by atoms with Crippen LogP contribution in [0.1, 0.15) is 139 Å². The highest BCUT2D eigenvalue weighted by Gasteiger charge is 2.37. The number of thiol groups is 1. The second-order valence-electron chi connectivity index (χ2n) is 28.9. The molecule has 0 heterocycles. The molecule has 1 rings (SSSR count). The number of ketones is 1. The second-order valence-corrected chi connectivity index (χ2v) is 30.2. The van der Waals surface area contributed by atoms with E-state index in [1.165, 1.54) is 49.9 Å². The molecule has 0 aromatic heterocycles. The number of nitrogens with one attached hydrogen (secondary N) is 28. The van der Waals surface area contributed by atoms with Gasteiger partial charge in [-0.25, -0.2) is 0 Å². The number of benzene rings is 1. The fraction of sp³-hybridized carbons (Fsp3) is 0.611. The predicted molar refractivity (Wildman–Crippen MR) is 474 cm³/mol. The minimum absolute atomic E-state index is 0.00556. The van der Waals surface area contributed by atoms with Gasteiger partial charge < -0.3 is 158 Å². The van der Waals surface area contributed by atoms with E-state index in [2.05, 4.69) is 119 Å². The molecule has 0 fully saturated rings. The lowest BCUT2D eigenvalue weighted by molar-refractivity contribution is -0.136. The van der Waals surface area contributed by atoms with Gasteiger partial charge in [0.2, 0.25) is 76.8 Å². The van der Waals surface area contributed by atoms with E-state index in [0.717, 1.165) is 0 Å². The Morgan fingerprint density at radius 1 is 0.320 bits per heavy atom. The highest BCUT2D eigenvalue weighted by molar-refractivity contribution is 7.98. The molecule has 125 heavy (non-hydrogen) atoms. The third-order valence-electron chi connectivity index (χ3n) is 18.3. The molecule has 0 spiro atoms. The number of carbonyl (C=O) groups is 14. The van der Waals surface area contributed by atoms with Gasteiger partial charge in [-0.3, -0.25) is 110 Å². The standard InChI is InChI=1S/C72H131N37O14S2/c1-37(36-125-4)54(113)99-38(2)55(114)98-34-52(111)100-50(33-40-21-23-41(24-22-40)39(3)110)64(123)108-48(19-11-31-96-71(86)87)62(121)106-46(17-9-29-94-69(82)83)60(119)104-44(15-7-27-92-67(78)79)58(117)102-42(13-5-25-90-65(74)75)56(115)101-43(14-6-26-91-66(76)77)57(116)103-45(16-8-28-93-68(80)81)59(118)105-47(18-10-30-95-70(84)85)61(120)107-49(20-12-32-97-72(88)89)63(122)109-51(35-124)53(73)112/h21-24,37-38,42-51,124H,5-20,25-36H2,1-4H3,(H2,73,112)(H,98,114)(H,99,113)(H,100,111)(H,101,115)(H,102,117)(H,103,116)(H,104,119)(H,105,118)(H,106,121)(H,107,120)(H,108,123)(H,109,122)(H4,74,75,90)(H4,76,77,91)(H4,78,79,92)(H4,80,81,93)(H4,82,83,94)(H4,84,85,95)(H4,86,87,96)(H4,88,89,97)/t37-,38-,42+,43+,44+,45+,46+,47+,48+,49+,50-,51+/m0/s1. The van der Waals surface area contributed by atoms with Crippen molar-refractivity contribution in [1.82, 2.24) is 106 Å². The molecule has 12 atom stereocenters. The van der Waals surface area contributed by atoms with Crippen LogP contribution in [0, 0.1) is 49.2 Å². The van der Waals surface area contributed by atoms with E-state index in [4.69, 9.17) is 94.9 Å². The third-order valence-corrected chi connectivity index (χ3v) is 19.5. The molecular weight excluding hydrogens is 1670 g/mol. The summed E-state index contributed by atoms with van der Waals surface area (Å²) >= 11 is 5.52. The summed E-state index contributed by atoms with van der Waals surface area (Å²) in [4.78, 5) is 197. The predicted octanol–water partition coefficient (Wildman–Crippen LogP) is -10.6. The summed E-state index contributed by atoms with van der Waals surface area (Å²) < 4.78 is 0. The van der Waals surface area contributed by atoms with Gasteiger partial charge in [0.1, 0.15) is 66.5 Å². The van der Waals surface area contributed by atoms with Gasteiger partial charge in [0.25, 0.3) is 0 Å². The Morgan fingerprint density at radius 3 is 0.760 bits per heavy atom. The molecule has 0 bridgehead atoms. The summed E-state index contributed by atoms with van der Waals surface area (Å²) in [6.45, 7) is 3.41. The van der Waals surface area contributed by atoms with E-state index in [-0.39, 0.29) is 173 Å². The minimum atomic E-state index is -1.66. The Labute approximate surface area is 734 Å². The number of primary amides is 1. The molecule has 13 amide bonds. The fourth-order valence-corrected chi connectivity index (χ4v) is 12.6. The van der Waals surface area contributed by atoms with Gasteiger partial charge in [0.15, 0.2) is 53.5 Å². The number of guanidine groups is 8. The van der Waals surface area contributed by atoms with Crippen LogP contribution >= 0.6 is 24.4 Å². The highest BCUT2D eigenvalue weighted by Crippen LogP contribution is 2.14. The highest BCUT2D eigenvalue weighted by atomic mass is 32.2. The summed E-state index contributed by atoms with van der Waals surface area (Å²) in [6, 6.07) is -10.6. The van der Waals surface area contributed by atoms with E-state index in [1.807, 2.05) is 6.26 Å². The summed E-state index contributed by atoms with van der Waals surface area (Å²) in [5.74, 6) is -16.1. The second kappa shape index (κ2) is 61.2. The van der Waals surface area contributed by atoms with E-state index >= 15 is 14.4 Å². The lowest BCUT2D eigenvalue weighted by Gasteiger charge is -2.29. The van der Waals surface area contributed by atoms with Crippen LogP contribution in [0.25, 0.3) is 0 Å². The molecule has 0 radical (unpaired) electrons. The minimum Gasteiger partial charge on any atom is -0.370 e. The Morgan fingerprint density at radius 2 is 0.552 bits per heavy atom. The zero-order chi connectivity index (χ0) is 94.3. The summed E-state index contributed by atoms with van der Waals surface area (Å²) in [6.07, 6.45) is -0.438. The van der Waals surface area contributed by atoms with Crippen molar-refractivity contribution in [2.24, 2.45) is 57.5 Å². The van der Waals surface area contributed by atoms with Crippen LogP contribution in [0.5, 0.6) is 0 Å². The third kappa shape index (κ3) is 49.5. The lowest BCUT2D eigenvalue weighted by atomic mass is 10.0. The SMILES string of the molecule is CSC[C@H](C)C(=O)N[C@@H](C)C(=O)NCC(=O)N[C@@H](Cc1ccc(C(C)=O)cc1)C(=O)N[C@H](CCCNC(=N)N)C(=O)N[C@H](CCCNC(=N)N)C(=O)N[C@H](CCCNC(=N)N)C(=O)N[C@H](CCCNC(=N)N)C(=O)N[C@H](CCCNC(=N)N)C(=O)N[C@H](CCCNC(=N)N)C(=O)N[C@H](CCCNC(=N)N)C(=O)N[C@H](CCCNC(=N)N)C(=O)N[C@H](CS)C(N)=O. The van der Waals surface area contributed by atoms with Crippen LogP contribution in [0.4, 0.5) is 0 Å². The molecule has 0 saturated carbocycles. The van der Waals surface area contributed by atoms with Gasteiger partial charge in [-0.05, 0) is 128 Å². The molecule has 0 saturated heterocycles. The zero-order valence-corrected chi connectivity index (χ0v) is 72.5. The molecule has 0 unspecified atom stereocenters. The van der Waals surface area contributed by atoms with Crippen LogP contribution in [0.15, 0.2) is 24.3 Å². The molecule has 1 aromatic rings. The normalized spacial score (nSPS) is 13.6. The maximum Gasteiger partial charge on any atom is 0.243 e. The van der Waals surface area contributed by atoms with E-state index in [1.54, 1.807) is 6.92 Å². The lowest BCUT2D eigenvalue weighted by Crippen LogP contribution is -2.61. The first-order chi connectivity index (χ1) is 59.0. The van der Waals surface area contributed by atoms with Gasteiger partial charge in [0.05, 0.1) is 6.54 Å². The molecule has 53 heteroatoms. The smallest absolute Gasteiger partial charge is 0.243 e. The van der Waals surface area contributed by atoms with E-state index < -0.39 is 203 Å². The van der Waals surface area contributed by atoms with Gasteiger partial charge in [-0.2, -0.15) is 24.4 Å². The summed E-state index contributed by atoms with van der Waals surface area (Å²) in [5.41, 5.74) is 50.7. The molecule has 0 aliphatic heterocycles. The van der Waals surface area contributed by atoms with Crippen molar-refractivity contribution < 1.29 is 67.1 Å². The number of rotatable bonds is 63. The maximum atomic E-state index is 15.1. The van der Waals surface area contributed by atoms with Crippen LogP contribution in [0.3, 0.4) is 0 Å². The summed E-state index contributed by atoms with van der Waals surface area (Å²) in [7, 11) is 0. The van der Waals surface area contributed by atoms with Gasteiger partial charge in [-0.15, -0.1) is 0 Å². The average Bonchev–Trinajstić information content (AvgIpc) is 0.856. The van der Waals surface area contributed by atoms with Crippen LogP contribution in [-0.4, -0.2) is 273 Å². The number of nitrogens with two attached hydrogens (primary N) is 9. The van der Waals surface area contributed by atoms with Crippen molar-refractivity contribution in [2.45, 2.75) is 196 Å². The number of hydrogen-bond donors (Lipinski definition) is 38. The van der Waals surface area contributed by atoms with Crippen LogP contribution in [0.2, 0.25) is 0 Å². The fourth-order valence-electron chi connectivity index (χ4n) is 11.7. The van der Waals surface area contributed by atoms with Crippen LogP contribution < -0.4 is 158 Å². The zero-order valence-electron chi connectivity index (χ0n) is 70.8. The molecule has 0 aliphatic rings. The van der Waals surface area contributed by atoms with Crippen molar-refractivity contribution in [3.05, 3.63) is 35.4 Å². The van der Waals surface area contributed by atoms with Crippen molar-refractivity contribution in [1.29, 1.82) is 43.3 Å². The first-order valence-electron chi connectivity index (χ1n) is 40.2. The van der Waals surface area contributed by atoms with E-state index in [0.29, 0.717) is 16.9 Å². The number of Topliss-reactive ketones (excluding diaryl/α,β-unsaturated/α-hetero) is 1. The largest absolute Gasteiger partial charge is 0.370 e. The number of amides is 13. The van der Waals surface area contributed by atoms with Crippen molar-refractivity contribution in [3.8, 4) is 0 Å². The monoisotopic (exact) mass is 1800 g/mol. The molecule has 700 valence electrons. The number of hydrogen-bond acceptors (Lipinski definition) is 24. The molecule has 1 aromatic carbocycles. The maximum absolute atomic E-state index is 15.1. The first-order valence-corrected chi connectivity index (χ1v) is 42.2. The van der Waals surface area contributed by atoms with Crippen LogP contribution in [-0.2, 0) is 68.7 Å². The molecular formula is C72H131N37O14S2. The summed E-state index contributed by atoms with van der Waals surface area (Å²) in [5, 5.41) is 114. The van der Waals surface area contributed by atoms with Crippen molar-refractivity contribution >= 4 is 155 Å². The topological polar surface area (TPSA) is 905 Å². The first kappa shape index (κ1) is 110. The molecule has 0 aliphatic carbocycles. The molecule has 51 nitrogen and oxygen atoms in total. The van der Waals surface area contributed by atoms with Gasteiger partial charge in [0, 0.05) is 81.8 Å². The Bertz CT molecular complexity index is 3830. The Kier molecular flexibility index (Phi) is 53.8. The van der Waals surface area contributed by atoms with Gasteiger partial charge in [-0.1, -0.05) is 31.2 Å².